The number of unbranched alkanes of at least 4 members (excludes halogenated alkanes) is 30. The Kier molecular flexibility index (Phi) is 33.1. The molecule has 4 nitrogen and oxygen atoms in total. The van der Waals surface area contributed by atoms with Crippen molar-refractivity contribution in [3.8, 4) is 11.5 Å². The first-order valence-electron chi connectivity index (χ1n) is 20.4. The van der Waals surface area contributed by atoms with E-state index in [2.05, 4.69) is 36.0 Å². The van der Waals surface area contributed by atoms with Crippen LogP contribution in [-0.2, 0) is 0 Å². The molecule has 0 N–H and O–H groups in total. The van der Waals surface area contributed by atoms with Gasteiger partial charge in [0.05, 0.1) is 13.2 Å². The maximum Gasteiger partial charge on any atom is 0.257 e. The lowest BCUT2D eigenvalue weighted by molar-refractivity contribution is 0.000730. The van der Waals surface area contributed by atoms with Gasteiger partial charge in [-0.25, -0.2) is 0 Å². The lowest BCUT2D eigenvalue weighted by Gasteiger charge is -2.10. The second kappa shape index (κ2) is 36.0. The summed E-state index contributed by atoms with van der Waals surface area (Å²) < 4.78 is 12.0. The molecule has 0 fully saturated rings. The molecule has 0 aliphatic carbocycles. The normalized spacial score (nSPS) is 11.1. The van der Waals surface area contributed by atoms with Gasteiger partial charge < -0.3 is 15.0 Å². The van der Waals surface area contributed by atoms with Crippen molar-refractivity contribution in [1.29, 1.82) is 0 Å². The van der Waals surface area contributed by atoms with E-state index >= 15 is 0 Å². The summed E-state index contributed by atoms with van der Waals surface area (Å²) in [4.78, 5) is 3.05. The van der Waals surface area contributed by atoms with Crippen LogP contribution in [0.1, 0.15) is 212 Å². The van der Waals surface area contributed by atoms with Crippen LogP contribution in [0, 0.1) is 0 Å². The SMILES string of the molecule is CCCCCCCCCCCCCCCCCCOc1cccc(OCCCCCCCCCCCCCCCCCC=[N+]=[N-])c1. The van der Waals surface area contributed by atoms with Crippen LogP contribution in [0.25, 0.3) is 5.53 Å². The fourth-order valence-electron chi connectivity index (χ4n) is 6.38. The fraction of sp³-hybridized carbons (Fsp3) is 0.833. The van der Waals surface area contributed by atoms with Crippen LogP contribution in [0.5, 0.6) is 11.5 Å². The first-order chi connectivity index (χ1) is 22.9. The standard InChI is InChI=1S/C42H76N2O2/c1-2-3-4-5-6-7-8-9-10-14-17-20-23-26-29-32-38-45-41-35-34-36-42(40-41)46-39-33-30-27-24-21-18-15-12-11-13-16-19-22-25-28-31-37-44-43/h34-37,40H,2-33,38-39H2,1H3. The predicted molar refractivity (Wildman–Crippen MR) is 201 cm³/mol. The van der Waals surface area contributed by atoms with Gasteiger partial charge in [-0.1, -0.05) is 193 Å². The van der Waals surface area contributed by atoms with E-state index in [-0.39, 0.29) is 0 Å². The van der Waals surface area contributed by atoms with E-state index in [0.29, 0.717) is 0 Å². The van der Waals surface area contributed by atoms with Gasteiger partial charge in [-0.15, -0.1) is 0 Å². The van der Waals surface area contributed by atoms with E-state index in [0.717, 1.165) is 50.4 Å². The Bertz CT molecular complexity index is 792. The van der Waals surface area contributed by atoms with Gasteiger partial charge in [0.25, 0.3) is 6.21 Å². The molecule has 4 heteroatoms. The molecule has 1 aromatic carbocycles. The van der Waals surface area contributed by atoms with Crippen molar-refractivity contribution in [2.75, 3.05) is 13.2 Å². The maximum atomic E-state index is 8.38. The predicted octanol–water partition coefficient (Wildman–Crippen LogP) is 14.2. The Morgan fingerprint density at radius 3 is 1.09 bits per heavy atom. The van der Waals surface area contributed by atoms with Crippen molar-refractivity contribution >= 4 is 6.21 Å². The maximum absolute atomic E-state index is 8.38. The van der Waals surface area contributed by atoms with Crippen LogP contribution in [0.2, 0.25) is 0 Å². The Balaban J connectivity index is 1.82. The van der Waals surface area contributed by atoms with E-state index in [1.54, 1.807) is 6.21 Å². The molecule has 0 saturated carbocycles. The Labute approximate surface area is 286 Å². The molecule has 0 bridgehead atoms. The van der Waals surface area contributed by atoms with E-state index in [1.165, 1.54) is 180 Å². The van der Waals surface area contributed by atoms with Crippen molar-refractivity contribution in [2.45, 2.75) is 212 Å². The summed E-state index contributed by atoms with van der Waals surface area (Å²) in [6.07, 6.45) is 44.8. The fourth-order valence-corrected chi connectivity index (χ4v) is 6.38. The molecule has 0 aliphatic heterocycles. The van der Waals surface area contributed by atoms with Gasteiger partial charge in [0.15, 0.2) is 0 Å². The van der Waals surface area contributed by atoms with Gasteiger partial charge in [-0.05, 0) is 31.4 Å². The van der Waals surface area contributed by atoms with Gasteiger partial charge in [0.2, 0.25) is 0 Å². The molecule has 0 atom stereocenters. The molecule has 1 rings (SSSR count). The van der Waals surface area contributed by atoms with Crippen LogP contribution in [0.4, 0.5) is 0 Å². The summed E-state index contributed by atoms with van der Waals surface area (Å²) in [7, 11) is 0. The summed E-state index contributed by atoms with van der Waals surface area (Å²) in [5.41, 5.74) is 8.38. The number of hydrogen-bond donors (Lipinski definition) is 0. The monoisotopic (exact) mass is 641 g/mol. The largest absolute Gasteiger partial charge is 0.493 e. The second-order valence-electron chi connectivity index (χ2n) is 13.9. The molecule has 0 amide bonds. The summed E-state index contributed by atoms with van der Waals surface area (Å²) >= 11 is 0. The highest BCUT2D eigenvalue weighted by Gasteiger charge is 2.00. The smallest absolute Gasteiger partial charge is 0.257 e. The van der Waals surface area contributed by atoms with Crippen molar-refractivity contribution in [3.05, 3.63) is 29.8 Å². The lowest BCUT2D eigenvalue weighted by Crippen LogP contribution is -2.00. The molecule has 0 radical (unpaired) electrons. The van der Waals surface area contributed by atoms with Crippen molar-refractivity contribution in [2.24, 2.45) is 0 Å². The second-order valence-corrected chi connectivity index (χ2v) is 13.9. The minimum absolute atomic E-state index is 0.805. The molecule has 0 spiro atoms. The van der Waals surface area contributed by atoms with Crippen molar-refractivity contribution in [1.82, 2.24) is 0 Å². The summed E-state index contributed by atoms with van der Waals surface area (Å²) in [6, 6.07) is 8.22. The van der Waals surface area contributed by atoms with Crippen LogP contribution < -0.4 is 9.47 Å². The number of nitrogens with zero attached hydrogens (tertiary/aromatic N) is 2. The van der Waals surface area contributed by atoms with Crippen molar-refractivity contribution < 1.29 is 14.3 Å². The Hall–Kier alpha value is -1.80. The highest BCUT2D eigenvalue weighted by atomic mass is 16.5. The average Bonchev–Trinajstić information content (AvgIpc) is 3.07. The molecule has 0 aliphatic rings. The quantitative estimate of drug-likeness (QED) is 0.0314. The van der Waals surface area contributed by atoms with E-state index in [9.17, 15) is 0 Å². The Morgan fingerprint density at radius 2 is 0.761 bits per heavy atom. The van der Waals surface area contributed by atoms with Gasteiger partial charge >= 0.3 is 0 Å². The third-order valence-corrected chi connectivity index (χ3v) is 9.40. The third-order valence-electron chi connectivity index (χ3n) is 9.40. The molecule has 266 valence electrons. The highest BCUT2D eigenvalue weighted by molar-refractivity contribution is 5.49. The summed E-state index contributed by atoms with van der Waals surface area (Å²) in [5, 5.41) is 0. The van der Waals surface area contributed by atoms with Gasteiger partial charge in [0.1, 0.15) is 11.5 Å². The van der Waals surface area contributed by atoms with Crippen LogP contribution >= 0.6 is 0 Å². The number of rotatable bonds is 37. The van der Waals surface area contributed by atoms with E-state index in [1.807, 2.05) is 0 Å². The molecular formula is C42H76N2O2. The zero-order chi connectivity index (χ0) is 32.9. The molecule has 0 heterocycles. The van der Waals surface area contributed by atoms with Gasteiger partial charge in [0, 0.05) is 12.5 Å². The zero-order valence-electron chi connectivity index (χ0n) is 30.6. The molecular weight excluding hydrogens is 564 g/mol. The molecule has 0 aromatic heterocycles. The molecule has 0 unspecified atom stereocenters. The zero-order valence-corrected chi connectivity index (χ0v) is 30.6. The first kappa shape index (κ1) is 42.2. The molecule has 46 heavy (non-hydrogen) atoms. The van der Waals surface area contributed by atoms with Gasteiger partial charge in [-0.3, -0.25) is 0 Å². The summed E-state index contributed by atoms with van der Waals surface area (Å²) in [5.74, 6) is 1.89. The number of benzene rings is 1. The highest BCUT2D eigenvalue weighted by Crippen LogP contribution is 2.21. The minimum Gasteiger partial charge on any atom is -0.493 e. The van der Waals surface area contributed by atoms with Crippen LogP contribution in [0.3, 0.4) is 0 Å². The van der Waals surface area contributed by atoms with Crippen LogP contribution in [-0.4, -0.2) is 24.2 Å². The first-order valence-corrected chi connectivity index (χ1v) is 20.4. The third kappa shape index (κ3) is 30.8. The Morgan fingerprint density at radius 1 is 0.457 bits per heavy atom. The number of hydrogen-bond acceptors (Lipinski definition) is 2. The minimum atomic E-state index is 0.805. The topological polar surface area (TPSA) is 54.9 Å². The molecule has 1 aromatic rings. The number of ether oxygens (including phenoxy) is 2. The van der Waals surface area contributed by atoms with Crippen molar-refractivity contribution in [3.63, 3.8) is 0 Å². The average molecular weight is 641 g/mol. The van der Waals surface area contributed by atoms with Gasteiger partial charge in [-0.2, -0.15) is 4.79 Å². The lowest BCUT2D eigenvalue weighted by atomic mass is 10.0. The van der Waals surface area contributed by atoms with E-state index in [4.69, 9.17) is 15.0 Å². The molecule has 0 saturated heterocycles. The van der Waals surface area contributed by atoms with E-state index < -0.39 is 0 Å². The summed E-state index contributed by atoms with van der Waals surface area (Å²) in [6.45, 7) is 3.91. The van der Waals surface area contributed by atoms with Crippen LogP contribution in [0.15, 0.2) is 24.3 Å².